The third-order valence-electron chi connectivity index (χ3n) is 1.43. The number of hydroxylamine groups is 2. The monoisotopic (exact) mass is 189 g/mol. The van der Waals surface area contributed by atoms with E-state index in [-0.39, 0.29) is 0 Å². The van der Waals surface area contributed by atoms with Gasteiger partial charge < -0.3 is 9.57 Å². The number of amides is 1. The Balaban J connectivity index is 4.15. The highest BCUT2D eigenvalue weighted by Gasteiger charge is 2.17. The zero-order chi connectivity index (χ0) is 10.3. The molecule has 5 heteroatoms. The summed E-state index contributed by atoms with van der Waals surface area (Å²) in [5.41, 5.74) is 0. The van der Waals surface area contributed by atoms with Gasteiger partial charge >= 0.3 is 5.97 Å². The molecule has 0 saturated carbocycles. The Labute approximate surface area is 77.6 Å². The molecule has 0 aliphatic heterocycles. The van der Waals surface area contributed by atoms with Crippen molar-refractivity contribution in [1.29, 1.82) is 0 Å². The van der Waals surface area contributed by atoms with Crippen molar-refractivity contribution in [1.82, 2.24) is 5.06 Å². The first-order chi connectivity index (χ1) is 6.15. The smallest absolute Gasteiger partial charge is 0.329 e. The van der Waals surface area contributed by atoms with Crippen LogP contribution in [-0.4, -0.2) is 30.8 Å². The van der Waals surface area contributed by atoms with Gasteiger partial charge in [0.15, 0.2) is 6.23 Å². The van der Waals surface area contributed by atoms with Crippen LogP contribution in [0.15, 0.2) is 0 Å². The number of hydrogen-bond acceptors (Lipinski definition) is 4. The molecule has 0 N–H and O–H groups in total. The van der Waals surface area contributed by atoms with Crippen molar-refractivity contribution in [3.63, 3.8) is 0 Å². The van der Waals surface area contributed by atoms with Crippen LogP contribution in [0.25, 0.3) is 0 Å². The second kappa shape index (κ2) is 6.42. The standard InChI is InChI=1S/C8H15NO4/c1-4-5-8(12-3)9(6-10)13-7(2)11/h6,8H,4-5H2,1-3H3. The van der Waals surface area contributed by atoms with Gasteiger partial charge in [-0.25, -0.2) is 0 Å². The highest BCUT2D eigenvalue weighted by Crippen LogP contribution is 2.06. The summed E-state index contributed by atoms with van der Waals surface area (Å²) in [5, 5.41) is 0.881. The third-order valence-corrected chi connectivity index (χ3v) is 1.43. The van der Waals surface area contributed by atoms with E-state index >= 15 is 0 Å². The molecule has 5 nitrogen and oxygen atoms in total. The van der Waals surface area contributed by atoms with E-state index in [1.165, 1.54) is 14.0 Å². The fourth-order valence-corrected chi connectivity index (χ4v) is 0.893. The molecule has 0 aliphatic rings. The molecule has 0 aromatic rings. The minimum Gasteiger partial charge on any atom is -0.358 e. The topological polar surface area (TPSA) is 55.8 Å². The number of nitrogens with zero attached hydrogens (tertiary/aromatic N) is 1. The molecule has 13 heavy (non-hydrogen) atoms. The maximum Gasteiger partial charge on any atom is 0.329 e. The molecule has 1 amide bonds. The quantitative estimate of drug-likeness (QED) is 0.350. The van der Waals surface area contributed by atoms with Crippen LogP contribution < -0.4 is 0 Å². The molecule has 0 rings (SSSR count). The number of rotatable bonds is 6. The minimum absolute atomic E-state index is 0.436. The molecule has 1 unspecified atom stereocenters. The SMILES string of the molecule is CCCC(OC)N(C=O)OC(C)=O. The van der Waals surface area contributed by atoms with Gasteiger partial charge in [0.05, 0.1) is 0 Å². The predicted molar refractivity (Wildman–Crippen MR) is 45.4 cm³/mol. The lowest BCUT2D eigenvalue weighted by molar-refractivity contribution is -0.226. The lowest BCUT2D eigenvalue weighted by atomic mass is 10.3. The Kier molecular flexibility index (Phi) is 5.88. The normalized spacial score (nSPS) is 11.9. The van der Waals surface area contributed by atoms with Crippen molar-refractivity contribution in [2.24, 2.45) is 0 Å². The molecule has 76 valence electrons. The van der Waals surface area contributed by atoms with Crippen LogP contribution in [0.4, 0.5) is 0 Å². The molecule has 0 aliphatic carbocycles. The molecule has 0 aromatic carbocycles. The lowest BCUT2D eigenvalue weighted by Gasteiger charge is -2.23. The molecule has 0 bridgehead atoms. The lowest BCUT2D eigenvalue weighted by Crippen LogP contribution is -2.36. The third kappa shape index (κ3) is 4.47. The number of methoxy groups -OCH3 is 1. The first-order valence-corrected chi connectivity index (χ1v) is 4.10. The Morgan fingerprint density at radius 3 is 2.54 bits per heavy atom. The number of ether oxygens (including phenoxy) is 1. The van der Waals surface area contributed by atoms with Crippen LogP contribution in [0.3, 0.4) is 0 Å². The van der Waals surface area contributed by atoms with E-state index < -0.39 is 12.2 Å². The van der Waals surface area contributed by atoms with Crippen LogP contribution in [-0.2, 0) is 19.2 Å². The summed E-state index contributed by atoms with van der Waals surface area (Å²) in [6, 6.07) is 0. The Morgan fingerprint density at radius 2 is 2.23 bits per heavy atom. The van der Waals surface area contributed by atoms with Gasteiger partial charge in [-0.05, 0) is 6.42 Å². The fourth-order valence-electron chi connectivity index (χ4n) is 0.893. The molecule has 0 radical (unpaired) electrons. The van der Waals surface area contributed by atoms with E-state index in [4.69, 9.17) is 4.74 Å². The Bertz CT molecular complexity index is 172. The summed E-state index contributed by atoms with van der Waals surface area (Å²) in [6.07, 6.45) is 1.41. The average Bonchev–Trinajstić information content (AvgIpc) is 2.10. The van der Waals surface area contributed by atoms with Crippen LogP contribution in [0.1, 0.15) is 26.7 Å². The average molecular weight is 189 g/mol. The highest BCUT2D eigenvalue weighted by molar-refractivity contribution is 5.67. The first kappa shape index (κ1) is 11.9. The largest absolute Gasteiger partial charge is 0.358 e. The van der Waals surface area contributed by atoms with Crippen molar-refractivity contribution in [3.05, 3.63) is 0 Å². The zero-order valence-electron chi connectivity index (χ0n) is 8.15. The maximum absolute atomic E-state index is 10.6. The zero-order valence-corrected chi connectivity index (χ0v) is 8.15. The van der Waals surface area contributed by atoms with Crippen LogP contribution in [0.5, 0.6) is 0 Å². The highest BCUT2D eigenvalue weighted by atomic mass is 16.7. The second-order valence-electron chi connectivity index (χ2n) is 2.53. The molecular weight excluding hydrogens is 174 g/mol. The van der Waals surface area contributed by atoms with E-state index in [2.05, 4.69) is 4.84 Å². The van der Waals surface area contributed by atoms with Gasteiger partial charge in [-0.3, -0.25) is 9.59 Å². The fraction of sp³-hybridized carbons (Fsp3) is 0.750. The second-order valence-corrected chi connectivity index (χ2v) is 2.53. The molecule has 0 saturated heterocycles. The molecule has 0 heterocycles. The summed E-state index contributed by atoms with van der Waals surface area (Å²) in [5.74, 6) is -0.537. The van der Waals surface area contributed by atoms with Crippen molar-refractivity contribution in [3.8, 4) is 0 Å². The van der Waals surface area contributed by atoms with Crippen LogP contribution >= 0.6 is 0 Å². The van der Waals surface area contributed by atoms with Crippen molar-refractivity contribution < 1.29 is 19.2 Å². The molecule has 0 spiro atoms. The summed E-state index contributed by atoms with van der Waals surface area (Å²) in [4.78, 5) is 25.7. The van der Waals surface area contributed by atoms with Gasteiger partial charge in [0.2, 0.25) is 6.41 Å². The van der Waals surface area contributed by atoms with E-state index in [1.54, 1.807) is 0 Å². The summed E-state index contributed by atoms with van der Waals surface area (Å²) >= 11 is 0. The van der Waals surface area contributed by atoms with Crippen molar-refractivity contribution >= 4 is 12.4 Å². The summed E-state index contributed by atoms with van der Waals surface area (Å²) < 4.78 is 4.96. The summed E-state index contributed by atoms with van der Waals surface area (Å²) in [7, 11) is 1.46. The van der Waals surface area contributed by atoms with E-state index in [0.29, 0.717) is 12.8 Å². The van der Waals surface area contributed by atoms with Gasteiger partial charge in [0, 0.05) is 14.0 Å². The minimum atomic E-state index is -0.537. The van der Waals surface area contributed by atoms with E-state index in [0.717, 1.165) is 11.5 Å². The molecular formula is C8H15NO4. The first-order valence-electron chi connectivity index (χ1n) is 4.10. The Hall–Kier alpha value is -1.10. The van der Waals surface area contributed by atoms with Crippen molar-refractivity contribution in [2.45, 2.75) is 32.9 Å². The maximum atomic E-state index is 10.6. The van der Waals surface area contributed by atoms with Gasteiger partial charge in [-0.2, -0.15) is 0 Å². The van der Waals surface area contributed by atoms with Crippen LogP contribution in [0, 0.1) is 0 Å². The predicted octanol–water partition coefficient (Wildman–Crippen LogP) is 0.696. The number of carbonyl (C=O) groups is 2. The van der Waals surface area contributed by atoms with Gasteiger partial charge in [0.1, 0.15) is 0 Å². The van der Waals surface area contributed by atoms with E-state index in [9.17, 15) is 9.59 Å². The van der Waals surface area contributed by atoms with Crippen molar-refractivity contribution in [2.75, 3.05) is 7.11 Å². The molecule has 0 fully saturated rings. The summed E-state index contributed by atoms with van der Waals surface area (Å²) in [6.45, 7) is 3.18. The van der Waals surface area contributed by atoms with Gasteiger partial charge in [-0.15, -0.1) is 5.06 Å². The van der Waals surface area contributed by atoms with E-state index in [1.807, 2.05) is 6.92 Å². The number of carbonyl (C=O) groups excluding carboxylic acids is 2. The van der Waals surface area contributed by atoms with Crippen LogP contribution in [0.2, 0.25) is 0 Å². The number of hydrogen-bond donors (Lipinski definition) is 0. The van der Waals surface area contributed by atoms with Gasteiger partial charge in [0.25, 0.3) is 0 Å². The Morgan fingerprint density at radius 1 is 1.62 bits per heavy atom. The molecule has 0 aromatic heterocycles. The molecule has 1 atom stereocenters. The van der Waals surface area contributed by atoms with Gasteiger partial charge in [-0.1, -0.05) is 13.3 Å².